The summed E-state index contributed by atoms with van der Waals surface area (Å²) in [4.78, 5) is 31.3. The molecule has 0 saturated carbocycles. The Morgan fingerprint density at radius 3 is 2.61 bits per heavy atom. The maximum absolute atomic E-state index is 12.4. The van der Waals surface area contributed by atoms with Crippen LogP contribution < -0.4 is 15.8 Å². The van der Waals surface area contributed by atoms with E-state index >= 15 is 0 Å². The van der Waals surface area contributed by atoms with Crippen molar-refractivity contribution in [3.63, 3.8) is 0 Å². The van der Waals surface area contributed by atoms with Crippen LogP contribution in [0.4, 0.5) is 5.69 Å². The molecule has 1 aliphatic rings. The van der Waals surface area contributed by atoms with Crippen LogP contribution in [0.3, 0.4) is 0 Å². The van der Waals surface area contributed by atoms with E-state index in [-0.39, 0.29) is 30.5 Å². The molecule has 31 heavy (non-hydrogen) atoms. The molecule has 6 nitrogen and oxygen atoms in total. The zero-order chi connectivity index (χ0) is 21.8. The van der Waals surface area contributed by atoms with Crippen molar-refractivity contribution in [1.82, 2.24) is 10.3 Å². The molecule has 3 aromatic rings. The van der Waals surface area contributed by atoms with Crippen molar-refractivity contribution >= 4 is 22.7 Å². The van der Waals surface area contributed by atoms with Gasteiger partial charge in [0.2, 0.25) is 5.91 Å². The monoisotopic (exact) mass is 419 g/mol. The zero-order valence-electron chi connectivity index (χ0n) is 18.1. The minimum atomic E-state index is -0.484. The van der Waals surface area contributed by atoms with Gasteiger partial charge < -0.3 is 14.6 Å². The van der Waals surface area contributed by atoms with E-state index in [1.165, 1.54) is 18.5 Å². The average molecular weight is 420 g/mol. The van der Waals surface area contributed by atoms with Crippen LogP contribution in [0.25, 0.3) is 11.1 Å². The van der Waals surface area contributed by atoms with Crippen LogP contribution in [0.2, 0.25) is 0 Å². The molecule has 1 atom stereocenters. The van der Waals surface area contributed by atoms with Crippen LogP contribution in [0.15, 0.2) is 57.7 Å². The zero-order valence-corrected chi connectivity index (χ0v) is 18.1. The number of aromatic nitrogens is 1. The maximum atomic E-state index is 12.4. The smallest absolute Gasteiger partial charge is 0.358 e. The van der Waals surface area contributed by atoms with Gasteiger partial charge in [-0.2, -0.15) is 0 Å². The van der Waals surface area contributed by atoms with Gasteiger partial charge in [0.1, 0.15) is 11.2 Å². The number of hydrogen-bond acceptors (Lipinski definition) is 5. The lowest BCUT2D eigenvalue weighted by atomic mass is 9.98. The first-order chi connectivity index (χ1) is 15.0. The number of nitrogens with zero attached hydrogens (tertiary/aromatic N) is 2. The Labute approximate surface area is 182 Å². The molecule has 0 radical (unpaired) electrons. The van der Waals surface area contributed by atoms with Crippen molar-refractivity contribution in [2.24, 2.45) is 5.92 Å². The van der Waals surface area contributed by atoms with E-state index in [1.807, 2.05) is 13.0 Å². The quantitative estimate of drug-likeness (QED) is 0.647. The maximum Gasteiger partial charge on any atom is 0.358 e. The highest BCUT2D eigenvalue weighted by atomic mass is 16.4. The van der Waals surface area contributed by atoms with Gasteiger partial charge in [-0.3, -0.25) is 4.79 Å². The molecule has 1 fully saturated rings. The Kier molecular flexibility index (Phi) is 6.35. The molecule has 4 rings (SSSR count). The SMILES string of the molecule is CC1CCN(c2ccc(C(C)NC(=O)CCc3nc4ccccc4oc3=O)cc2)CC1. The standard InChI is InChI=1S/C25H29N3O3/c1-17-13-15-28(16-14-17)20-9-7-19(8-10-20)18(2)26-24(29)12-11-22-25(30)31-23-6-4-3-5-21(23)27-22/h3-10,17-18H,11-16H2,1-2H3,(H,26,29). The average Bonchev–Trinajstić information content (AvgIpc) is 2.78. The number of aryl methyl sites for hydroxylation is 1. The molecule has 1 saturated heterocycles. The number of amides is 1. The second kappa shape index (κ2) is 9.33. The third kappa shape index (κ3) is 5.13. The highest BCUT2D eigenvalue weighted by Gasteiger charge is 2.17. The molecule has 2 heterocycles. The summed E-state index contributed by atoms with van der Waals surface area (Å²) < 4.78 is 5.29. The second-order valence-corrected chi connectivity index (χ2v) is 8.47. The lowest BCUT2D eigenvalue weighted by Gasteiger charge is -2.32. The Balaban J connectivity index is 1.32. The fourth-order valence-electron chi connectivity index (χ4n) is 4.01. The topological polar surface area (TPSA) is 75.4 Å². The van der Waals surface area contributed by atoms with Gasteiger partial charge in [-0.05, 0) is 55.5 Å². The van der Waals surface area contributed by atoms with Crippen LogP contribution in [-0.4, -0.2) is 24.0 Å². The van der Waals surface area contributed by atoms with Crippen LogP contribution in [0, 0.1) is 5.92 Å². The van der Waals surface area contributed by atoms with E-state index < -0.39 is 5.63 Å². The lowest BCUT2D eigenvalue weighted by molar-refractivity contribution is -0.121. The fourth-order valence-corrected chi connectivity index (χ4v) is 4.01. The predicted molar refractivity (Wildman–Crippen MR) is 122 cm³/mol. The Morgan fingerprint density at radius 1 is 1.16 bits per heavy atom. The number of para-hydroxylation sites is 2. The van der Waals surface area contributed by atoms with Crippen molar-refractivity contribution < 1.29 is 9.21 Å². The van der Waals surface area contributed by atoms with Gasteiger partial charge in [-0.25, -0.2) is 9.78 Å². The van der Waals surface area contributed by atoms with E-state index in [2.05, 4.69) is 46.4 Å². The first-order valence-electron chi connectivity index (χ1n) is 11.0. The van der Waals surface area contributed by atoms with E-state index in [0.29, 0.717) is 11.1 Å². The van der Waals surface area contributed by atoms with Gasteiger partial charge >= 0.3 is 5.63 Å². The largest absolute Gasteiger partial charge is 0.420 e. The summed E-state index contributed by atoms with van der Waals surface area (Å²) in [6.07, 6.45) is 2.90. The van der Waals surface area contributed by atoms with E-state index in [1.54, 1.807) is 18.2 Å². The van der Waals surface area contributed by atoms with E-state index in [9.17, 15) is 9.59 Å². The summed E-state index contributed by atoms with van der Waals surface area (Å²) in [6.45, 7) is 6.48. The third-order valence-corrected chi connectivity index (χ3v) is 6.07. The summed E-state index contributed by atoms with van der Waals surface area (Å²) in [5.41, 5.74) is 3.17. The number of carbonyl (C=O) groups is 1. The summed E-state index contributed by atoms with van der Waals surface area (Å²) in [5.74, 6) is 0.692. The van der Waals surface area contributed by atoms with Gasteiger partial charge in [0.25, 0.3) is 0 Å². The van der Waals surface area contributed by atoms with Gasteiger partial charge in [0.05, 0.1) is 6.04 Å². The molecule has 1 aliphatic heterocycles. The first kappa shape index (κ1) is 21.1. The Bertz CT molecular complexity index is 1100. The van der Waals surface area contributed by atoms with Gasteiger partial charge in [0, 0.05) is 31.6 Å². The molecule has 0 aliphatic carbocycles. The molecule has 1 aromatic heterocycles. The van der Waals surface area contributed by atoms with Gasteiger partial charge in [0.15, 0.2) is 5.58 Å². The number of piperidine rings is 1. The van der Waals surface area contributed by atoms with Crippen molar-refractivity contribution in [2.75, 3.05) is 18.0 Å². The predicted octanol–water partition coefficient (Wildman–Crippen LogP) is 4.23. The summed E-state index contributed by atoms with van der Waals surface area (Å²) >= 11 is 0. The van der Waals surface area contributed by atoms with E-state index in [0.717, 1.165) is 24.6 Å². The lowest BCUT2D eigenvalue weighted by Crippen LogP contribution is -2.32. The minimum Gasteiger partial charge on any atom is -0.420 e. The van der Waals surface area contributed by atoms with Gasteiger partial charge in [-0.15, -0.1) is 0 Å². The first-order valence-corrected chi connectivity index (χ1v) is 11.0. The molecule has 1 N–H and O–H groups in total. The van der Waals surface area contributed by atoms with Gasteiger partial charge in [-0.1, -0.05) is 31.2 Å². The Hall–Kier alpha value is -3.15. The third-order valence-electron chi connectivity index (χ3n) is 6.07. The van der Waals surface area contributed by atoms with Crippen LogP contribution in [0.5, 0.6) is 0 Å². The van der Waals surface area contributed by atoms with Crippen LogP contribution in [0.1, 0.15) is 50.4 Å². The minimum absolute atomic E-state index is 0.107. The summed E-state index contributed by atoms with van der Waals surface area (Å²) in [7, 11) is 0. The fraction of sp³-hybridized carbons (Fsp3) is 0.400. The number of benzene rings is 2. The molecular formula is C25H29N3O3. The summed E-state index contributed by atoms with van der Waals surface area (Å²) in [6, 6.07) is 15.5. The number of rotatable bonds is 6. The highest BCUT2D eigenvalue weighted by molar-refractivity contribution is 5.77. The number of anilines is 1. The molecule has 1 unspecified atom stereocenters. The molecule has 2 aromatic carbocycles. The Morgan fingerprint density at radius 2 is 1.87 bits per heavy atom. The summed E-state index contributed by atoms with van der Waals surface area (Å²) in [5, 5.41) is 3.01. The molecule has 6 heteroatoms. The van der Waals surface area contributed by atoms with Crippen molar-refractivity contribution in [2.45, 2.75) is 45.6 Å². The molecule has 0 spiro atoms. The molecular weight excluding hydrogens is 390 g/mol. The van der Waals surface area contributed by atoms with Crippen molar-refractivity contribution in [3.05, 3.63) is 70.2 Å². The normalized spacial score (nSPS) is 15.7. The molecule has 0 bridgehead atoms. The number of nitrogens with one attached hydrogen (secondary N) is 1. The second-order valence-electron chi connectivity index (χ2n) is 8.47. The number of carbonyl (C=O) groups excluding carboxylic acids is 1. The van der Waals surface area contributed by atoms with Crippen LogP contribution in [-0.2, 0) is 11.2 Å². The van der Waals surface area contributed by atoms with Crippen molar-refractivity contribution in [3.8, 4) is 0 Å². The highest BCUT2D eigenvalue weighted by Crippen LogP contribution is 2.24. The molecule has 1 amide bonds. The molecule has 162 valence electrons. The van der Waals surface area contributed by atoms with E-state index in [4.69, 9.17) is 4.42 Å². The van der Waals surface area contributed by atoms with Crippen molar-refractivity contribution in [1.29, 1.82) is 0 Å². The van der Waals surface area contributed by atoms with Crippen LogP contribution >= 0.6 is 0 Å². The number of hydrogen-bond donors (Lipinski definition) is 1. The number of fused-ring (bicyclic) bond motifs is 1.